The highest BCUT2D eigenvalue weighted by molar-refractivity contribution is 5.57. The predicted molar refractivity (Wildman–Crippen MR) is 69.7 cm³/mol. The summed E-state index contributed by atoms with van der Waals surface area (Å²) in [7, 11) is 1.75. The number of hydrogen-bond acceptors (Lipinski definition) is 3. The van der Waals surface area contributed by atoms with E-state index in [9.17, 15) is 5.26 Å². The molecule has 1 aliphatic carbocycles. The molecule has 1 heterocycles. The molecule has 0 amide bonds. The van der Waals surface area contributed by atoms with Crippen LogP contribution in [0.5, 0.6) is 5.75 Å². The van der Waals surface area contributed by atoms with Gasteiger partial charge in [-0.15, -0.1) is 0 Å². The minimum atomic E-state index is 0.359. The van der Waals surface area contributed by atoms with Crippen molar-refractivity contribution in [3.63, 3.8) is 0 Å². The number of benzene rings is 1. The van der Waals surface area contributed by atoms with Crippen LogP contribution in [0.3, 0.4) is 0 Å². The van der Waals surface area contributed by atoms with Gasteiger partial charge in [0.05, 0.1) is 18.7 Å². The molecule has 18 heavy (non-hydrogen) atoms. The third-order valence-corrected chi connectivity index (χ3v) is 4.14. The Hall–Kier alpha value is -1.53. The third kappa shape index (κ3) is 1.69. The van der Waals surface area contributed by atoms with E-state index >= 15 is 0 Å². The van der Waals surface area contributed by atoms with Crippen LogP contribution in [-0.4, -0.2) is 13.7 Å². The summed E-state index contributed by atoms with van der Waals surface area (Å²) >= 11 is 0. The first kappa shape index (κ1) is 11.6. The molecule has 1 fully saturated rings. The minimum absolute atomic E-state index is 0.359. The Morgan fingerprint density at radius 2 is 2.17 bits per heavy atom. The van der Waals surface area contributed by atoms with Crippen molar-refractivity contribution < 1.29 is 4.74 Å². The molecule has 0 radical (unpaired) electrons. The van der Waals surface area contributed by atoms with Crippen molar-refractivity contribution >= 4 is 0 Å². The van der Waals surface area contributed by atoms with E-state index in [1.807, 2.05) is 6.07 Å². The predicted octanol–water partition coefficient (Wildman–Crippen LogP) is 2.48. The summed E-state index contributed by atoms with van der Waals surface area (Å²) in [4.78, 5) is 0. The molecule has 0 bridgehead atoms. The molecule has 1 N–H and O–H groups in total. The summed E-state index contributed by atoms with van der Waals surface area (Å²) in [5.74, 6) is 1.03. The highest BCUT2D eigenvalue weighted by atomic mass is 16.5. The van der Waals surface area contributed by atoms with Crippen molar-refractivity contribution in [3.05, 3.63) is 28.3 Å². The number of nitrogens with one attached hydrogen (secondary N) is 1. The summed E-state index contributed by atoms with van der Waals surface area (Å²) in [5, 5.41) is 12.8. The Morgan fingerprint density at radius 1 is 1.33 bits per heavy atom. The molecule has 3 nitrogen and oxygen atoms in total. The second-order valence-electron chi connectivity index (χ2n) is 5.12. The first-order valence-corrected chi connectivity index (χ1v) is 6.71. The van der Waals surface area contributed by atoms with Crippen molar-refractivity contribution in [3.8, 4) is 11.8 Å². The molecular weight excluding hydrogens is 224 g/mol. The zero-order chi connectivity index (χ0) is 12.5. The van der Waals surface area contributed by atoms with E-state index in [1.54, 1.807) is 7.11 Å². The lowest BCUT2D eigenvalue weighted by atomic mass is 9.94. The molecule has 0 saturated carbocycles. The van der Waals surface area contributed by atoms with Crippen molar-refractivity contribution in [2.45, 2.75) is 38.1 Å². The Balaban J connectivity index is 2.15. The van der Waals surface area contributed by atoms with E-state index < -0.39 is 0 Å². The van der Waals surface area contributed by atoms with E-state index in [0.29, 0.717) is 6.04 Å². The number of nitrogens with zero attached hydrogens (tertiary/aromatic N) is 1. The molecule has 1 aromatic rings. The van der Waals surface area contributed by atoms with Crippen LogP contribution in [0, 0.1) is 11.3 Å². The fourth-order valence-corrected chi connectivity index (χ4v) is 3.32. The molecule has 0 unspecified atom stereocenters. The number of methoxy groups -OCH3 is 1. The maximum absolute atomic E-state index is 9.32. The summed E-state index contributed by atoms with van der Waals surface area (Å²) in [6.45, 7) is 1.06. The number of fused-ring (bicyclic) bond motifs is 1. The molecule has 1 saturated heterocycles. The van der Waals surface area contributed by atoms with Gasteiger partial charge in [0.15, 0.2) is 0 Å². The number of hydrogen-bond donors (Lipinski definition) is 1. The molecule has 1 aliphatic heterocycles. The van der Waals surface area contributed by atoms with E-state index in [0.717, 1.165) is 43.5 Å². The van der Waals surface area contributed by atoms with Crippen LogP contribution in [0.2, 0.25) is 0 Å². The van der Waals surface area contributed by atoms with Crippen LogP contribution in [0.15, 0.2) is 6.07 Å². The van der Waals surface area contributed by atoms with Gasteiger partial charge in [0.25, 0.3) is 0 Å². The van der Waals surface area contributed by atoms with Gasteiger partial charge in [0.1, 0.15) is 5.75 Å². The molecule has 0 aromatic heterocycles. The SMILES string of the molecule is COc1c([C@H]2CCCN2)cc(C#N)c2c1CCC2. The standard InChI is InChI=1S/C15H18N2O/c1-18-15-12-5-2-4-11(12)10(9-16)8-13(15)14-6-3-7-17-14/h8,14,17H,2-7H2,1H3/t14-/m1/s1. The first-order chi connectivity index (χ1) is 8.85. The topological polar surface area (TPSA) is 45.0 Å². The summed E-state index contributed by atoms with van der Waals surface area (Å²) in [6, 6.07) is 4.77. The molecule has 0 spiro atoms. The Kier molecular flexibility index (Phi) is 2.97. The monoisotopic (exact) mass is 242 g/mol. The molecule has 3 rings (SSSR count). The highest BCUT2D eigenvalue weighted by Crippen LogP contribution is 2.40. The van der Waals surface area contributed by atoms with Crippen molar-refractivity contribution in [2.24, 2.45) is 0 Å². The molecular formula is C15H18N2O. The van der Waals surface area contributed by atoms with E-state index in [1.165, 1.54) is 23.1 Å². The number of rotatable bonds is 2. The number of ether oxygens (including phenoxy) is 1. The lowest BCUT2D eigenvalue weighted by molar-refractivity contribution is 0.399. The van der Waals surface area contributed by atoms with Crippen LogP contribution < -0.4 is 10.1 Å². The maximum Gasteiger partial charge on any atom is 0.127 e. The smallest absolute Gasteiger partial charge is 0.127 e. The van der Waals surface area contributed by atoms with Gasteiger partial charge < -0.3 is 10.1 Å². The average Bonchev–Trinajstić information content (AvgIpc) is 3.07. The third-order valence-electron chi connectivity index (χ3n) is 4.14. The Morgan fingerprint density at radius 3 is 2.83 bits per heavy atom. The summed E-state index contributed by atoms with van der Waals surface area (Å²) < 4.78 is 5.65. The molecule has 94 valence electrons. The fraction of sp³-hybridized carbons (Fsp3) is 0.533. The fourth-order valence-electron chi connectivity index (χ4n) is 3.32. The lowest BCUT2D eigenvalue weighted by Gasteiger charge is -2.19. The van der Waals surface area contributed by atoms with Gasteiger partial charge in [0, 0.05) is 11.6 Å². The van der Waals surface area contributed by atoms with Gasteiger partial charge in [-0.25, -0.2) is 0 Å². The summed E-state index contributed by atoms with van der Waals surface area (Å²) in [6.07, 6.45) is 5.55. The molecule has 3 heteroatoms. The zero-order valence-corrected chi connectivity index (χ0v) is 10.8. The highest BCUT2D eigenvalue weighted by Gasteiger charge is 2.27. The van der Waals surface area contributed by atoms with E-state index in [-0.39, 0.29) is 0 Å². The van der Waals surface area contributed by atoms with Crippen molar-refractivity contribution in [2.75, 3.05) is 13.7 Å². The largest absolute Gasteiger partial charge is 0.496 e. The quantitative estimate of drug-likeness (QED) is 0.866. The molecule has 1 aromatic carbocycles. The van der Waals surface area contributed by atoms with Gasteiger partial charge in [0.2, 0.25) is 0 Å². The van der Waals surface area contributed by atoms with Gasteiger partial charge in [-0.1, -0.05) is 0 Å². The van der Waals surface area contributed by atoms with Gasteiger partial charge in [-0.3, -0.25) is 0 Å². The van der Waals surface area contributed by atoms with E-state index in [4.69, 9.17) is 4.74 Å². The van der Waals surface area contributed by atoms with Gasteiger partial charge in [-0.2, -0.15) is 5.26 Å². The first-order valence-electron chi connectivity index (χ1n) is 6.71. The van der Waals surface area contributed by atoms with Crippen LogP contribution in [0.1, 0.15) is 47.6 Å². The maximum atomic E-state index is 9.32. The van der Waals surface area contributed by atoms with Gasteiger partial charge >= 0.3 is 0 Å². The molecule has 2 aliphatic rings. The van der Waals surface area contributed by atoms with Crippen LogP contribution in [0.4, 0.5) is 0 Å². The zero-order valence-electron chi connectivity index (χ0n) is 10.8. The minimum Gasteiger partial charge on any atom is -0.496 e. The van der Waals surface area contributed by atoms with Gasteiger partial charge in [-0.05, 0) is 55.8 Å². The van der Waals surface area contributed by atoms with Crippen LogP contribution >= 0.6 is 0 Å². The molecule has 1 atom stereocenters. The Bertz CT molecular complexity index is 510. The Labute approximate surface area is 108 Å². The summed E-state index contributed by atoms with van der Waals surface area (Å²) in [5.41, 5.74) is 4.54. The van der Waals surface area contributed by atoms with Crippen molar-refractivity contribution in [1.29, 1.82) is 5.26 Å². The van der Waals surface area contributed by atoms with Crippen molar-refractivity contribution in [1.82, 2.24) is 5.32 Å². The lowest BCUT2D eigenvalue weighted by Crippen LogP contribution is -2.15. The van der Waals surface area contributed by atoms with Crippen LogP contribution in [0.25, 0.3) is 0 Å². The normalized spacial score (nSPS) is 21.7. The van der Waals surface area contributed by atoms with Crippen LogP contribution in [-0.2, 0) is 12.8 Å². The second-order valence-corrected chi connectivity index (χ2v) is 5.12. The van der Waals surface area contributed by atoms with E-state index in [2.05, 4.69) is 11.4 Å². The number of nitriles is 1. The average molecular weight is 242 g/mol. The second kappa shape index (κ2) is 4.62.